The smallest absolute Gasteiger partial charge is 0.225 e. The van der Waals surface area contributed by atoms with E-state index in [4.69, 9.17) is 0 Å². The SMILES string of the molecule is CC(=O)c1ccc(NC(=O)CCN(CCN(C)C)S(C)(=O)=O)cc1. The van der Waals surface area contributed by atoms with E-state index in [9.17, 15) is 18.0 Å². The first-order valence-electron chi connectivity index (χ1n) is 7.60. The second-order valence-corrected chi connectivity index (χ2v) is 7.88. The van der Waals surface area contributed by atoms with Gasteiger partial charge in [0.2, 0.25) is 15.9 Å². The molecule has 1 aromatic carbocycles. The Morgan fingerprint density at radius 1 is 1.04 bits per heavy atom. The number of benzene rings is 1. The fourth-order valence-electron chi connectivity index (χ4n) is 1.99. The first-order chi connectivity index (χ1) is 11.1. The number of carbonyl (C=O) groups excluding carboxylic acids is 2. The zero-order chi connectivity index (χ0) is 18.3. The predicted octanol–water partition coefficient (Wildman–Crippen LogP) is 1.04. The van der Waals surface area contributed by atoms with Crippen molar-refractivity contribution >= 4 is 27.4 Å². The molecule has 0 aliphatic heterocycles. The molecule has 0 spiro atoms. The lowest BCUT2D eigenvalue weighted by Crippen LogP contribution is -2.37. The molecule has 0 aliphatic carbocycles. The molecular formula is C16H25N3O4S. The molecule has 0 saturated carbocycles. The van der Waals surface area contributed by atoms with Crippen LogP contribution in [0, 0.1) is 0 Å². The summed E-state index contributed by atoms with van der Waals surface area (Å²) in [7, 11) is 0.363. The Morgan fingerprint density at radius 3 is 2.08 bits per heavy atom. The van der Waals surface area contributed by atoms with Crippen LogP contribution < -0.4 is 5.32 Å². The molecule has 1 amide bonds. The molecule has 0 bridgehead atoms. The van der Waals surface area contributed by atoms with E-state index >= 15 is 0 Å². The number of likely N-dealkylation sites (N-methyl/N-ethyl adjacent to an activating group) is 1. The second-order valence-electron chi connectivity index (χ2n) is 5.90. The minimum absolute atomic E-state index is 0.0439. The van der Waals surface area contributed by atoms with Crippen LogP contribution in [0.25, 0.3) is 0 Å². The van der Waals surface area contributed by atoms with Crippen LogP contribution in [-0.4, -0.2) is 69.3 Å². The molecule has 0 fully saturated rings. The van der Waals surface area contributed by atoms with Crippen molar-refractivity contribution in [1.82, 2.24) is 9.21 Å². The molecule has 0 unspecified atom stereocenters. The topological polar surface area (TPSA) is 86.8 Å². The van der Waals surface area contributed by atoms with Crippen molar-refractivity contribution < 1.29 is 18.0 Å². The molecule has 1 N–H and O–H groups in total. The molecule has 0 radical (unpaired) electrons. The van der Waals surface area contributed by atoms with Gasteiger partial charge in [-0.2, -0.15) is 0 Å². The fourth-order valence-corrected chi connectivity index (χ4v) is 2.83. The van der Waals surface area contributed by atoms with E-state index in [-0.39, 0.29) is 24.7 Å². The van der Waals surface area contributed by atoms with Crippen molar-refractivity contribution in [3.8, 4) is 0 Å². The first kappa shape index (κ1) is 20.3. The summed E-state index contributed by atoms with van der Waals surface area (Å²) >= 11 is 0. The maximum absolute atomic E-state index is 12.0. The fraction of sp³-hybridized carbons (Fsp3) is 0.500. The third kappa shape index (κ3) is 7.20. The Morgan fingerprint density at radius 2 is 1.62 bits per heavy atom. The van der Waals surface area contributed by atoms with Crippen molar-refractivity contribution in [1.29, 1.82) is 0 Å². The monoisotopic (exact) mass is 355 g/mol. The number of rotatable bonds is 9. The number of sulfonamides is 1. The molecule has 0 aromatic heterocycles. The Labute approximate surface area is 143 Å². The number of carbonyl (C=O) groups is 2. The number of nitrogens with one attached hydrogen (secondary N) is 1. The lowest BCUT2D eigenvalue weighted by molar-refractivity contribution is -0.116. The Bertz CT molecular complexity index is 669. The predicted molar refractivity (Wildman–Crippen MR) is 94.7 cm³/mol. The second kappa shape index (κ2) is 8.91. The van der Waals surface area contributed by atoms with Crippen LogP contribution in [0.3, 0.4) is 0 Å². The van der Waals surface area contributed by atoms with Crippen LogP contribution in [0.5, 0.6) is 0 Å². The Hall–Kier alpha value is -1.77. The average Bonchev–Trinajstić information content (AvgIpc) is 2.45. The number of anilines is 1. The summed E-state index contributed by atoms with van der Waals surface area (Å²) in [6.07, 6.45) is 1.20. The summed E-state index contributed by atoms with van der Waals surface area (Å²) in [6.45, 7) is 2.53. The minimum atomic E-state index is -3.36. The Balaban J connectivity index is 2.57. The highest BCUT2D eigenvalue weighted by atomic mass is 32.2. The molecular weight excluding hydrogens is 330 g/mol. The first-order valence-corrected chi connectivity index (χ1v) is 9.45. The van der Waals surface area contributed by atoms with Crippen LogP contribution in [0.15, 0.2) is 24.3 Å². The number of amides is 1. The third-order valence-corrected chi connectivity index (χ3v) is 4.73. The third-order valence-electron chi connectivity index (χ3n) is 3.43. The molecule has 134 valence electrons. The summed E-state index contributed by atoms with van der Waals surface area (Å²) in [5, 5.41) is 2.70. The van der Waals surface area contributed by atoms with Crippen molar-refractivity contribution in [3.05, 3.63) is 29.8 Å². The number of nitrogens with zero attached hydrogens (tertiary/aromatic N) is 2. The molecule has 0 heterocycles. The van der Waals surface area contributed by atoms with E-state index in [0.29, 0.717) is 24.3 Å². The van der Waals surface area contributed by atoms with Gasteiger partial charge in [-0.05, 0) is 45.3 Å². The molecule has 0 aliphatic rings. The van der Waals surface area contributed by atoms with Crippen LogP contribution in [0.1, 0.15) is 23.7 Å². The van der Waals surface area contributed by atoms with E-state index < -0.39 is 10.0 Å². The van der Waals surface area contributed by atoms with Gasteiger partial charge in [0.25, 0.3) is 0 Å². The van der Waals surface area contributed by atoms with Crippen molar-refractivity contribution in [2.75, 3.05) is 45.3 Å². The largest absolute Gasteiger partial charge is 0.326 e. The van der Waals surface area contributed by atoms with E-state index in [2.05, 4.69) is 5.32 Å². The lowest BCUT2D eigenvalue weighted by atomic mass is 10.1. The number of Topliss-reactive ketones (excluding diaryl/α,β-unsaturated/α-hetero) is 1. The van der Waals surface area contributed by atoms with E-state index in [1.54, 1.807) is 24.3 Å². The van der Waals surface area contributed by atoms with Gasteiger partial charge in [-0.25, -0.2) is 12.7 Å². The van der Waals surface area contributed by atoms with Gasteiger partial charge in [-0.1, -0.05) is 0 Å². The van der Waals surface area contributed by atoms with Crippen LogP contribution >= 0.6 is 0 Å². The highest BCUT2D eigenvalue weighted by Crippen LogP contribution is 2.11. The van der Waals surface area contributed by atoms with E-state index in [0.717, 1.165) is 6.26 Å². The van der Waals surface area contributed by atoms with Crippen LogP contribution in [0.4, 0.5) is 5.69 Å². The van der Waals surface area contributed by atoms with Gasteiger partial charge in [0.15, 0.2) is 5.78 Å². The van der Waals surface area contributed by atoms with Gasteiger partial charge < -0.3 is 10.2 Å². The molecule has 0 saturated heterocycles. The van der Waals surface area contributed by atoms with Crippen LogP contribution in [0.2, 0.25) is 0 Å². The zero-order valence-corrected chi connectivity index (χ0v) is 15.4. The number of hydrogen-bond donors (Lipinski definition) is 1. The summed E-state index contributed by atoms with van der Waals surface area (Å²) in [4.78, 5) is 25.1. The summed E-state index contributed by atoms with van der Waals surface area (Å²) in [5.41, 5.74) is 1.14. The van der Waals surface area contributed by atoms with Gasteiger partial charge in [0, 0.05) is 37.3 Å². The van der Waals surface area contributed by atoms with Gasteiger partial charge in [0.1, 0.15) is 0 Å². The average molecular weight is 355 g/mol. The van der Waals surface area contributed by atoms with Crippen molar-refractivity contribution in [3.63, 3.8) is 0 Å². The number of hydrogen-bond acceptors (Lipinski definition) is 5. The molecule has 24 heavy (non-hydrogen) atoms. The summed E-state index contributed by atoms with van der Waals surface area (Å²) < 4.78 is 24.8. The lowest BCUT2D eigenvalue weighted by Gasteiger charge is -2.21. The van der Waals surface area contributed by atoms with Crippen molar-refractivity contribution in [2.45, 2.75) is 13.3 Å². The highest BCUT2D eigenvalue weighted by Gasteiger charge is 2.17. The summed E-state index contributed by atoms with van der Waals surface area (Å²) in [6, 6.07) is 6.57. The maximum Gasteiger partial charge on any atom is 0.225 e. The van der Waals surface area contributed by atoms with E-state index in [1.807, 2.05) is 19.0 Å². The molecule has 1 rings (SSSR count). The van der Waals surface area contributed by atoms with Gasteiger partial charge in [-0.15, -0.1) is 0 Å². The standard InChI is InChI=1S/C16H25N3O4S/c1-13(20)14-5-7-15(8-6-14)17-16(21)9-10-19(24(4,22)23)12-11-18(2)3/h5-8H,9-12H2,1-4H3,(H,17,21). The van der Waals surface area contributed by atoms with E-state index in [1.165, 1.54) is 11.2 Å². The molecule has 0 atom stereocenters. The molecule has 1 aromatic rings. The van der Waals surface area contributed by atoms with Gasteiger partial charge >= 0.3 is 0 Å². The maximum atomic E-state index is 12.0. The summed E-state index contributed by atoms with van der Waals surface area (Å²) in [5.74, 6) is -0.318. The van der Waals surface area contributed by atoms with Crippen LogP contribution in [-0.2, 0) is 14.8 Å². The zero-order valence-electron chi connectivity index (χ0n) is 14.6. The van der Waals surface area contributed by atoms with Gasteiger partial charge in [0.05, 0.1) is 6.26 Å². The van der Waals surface area contributed by atoms with Crippen molar-refractivity contribution in [2.24, 2.45) is 0 Å². The molecule has 8 heteroatoms. The molecule has 7 nitrogen and oxygen atoms in total. The highest BCUT2D eigenvalue weighted by molar-refractivity contribution is 7.88. The number of ketones is 1. The minimum Gasteiger partial charge on any atom is -0.326 e. The quantitative estimate of drug-likeness (QED) is 0.669. The Kier molecular flexibility index (Phi) is 7.53. The van der Waals surface area contributed by atoms with Gasteiger partial charge in [-0.3, -0.25) is 9.59 Å². The normalized spacial score (nSPS) is 11.8.